The van der Waals surface area contributed by atoms with Gasteiger partial charge >= 0.3 is 11.9 Å². The van der Waals surface area contributed by atoms with Crippen molar-refractivity contribution in [2.75, 3.05) is 92.5 Å². The van der Waals surface area contributed by atoms with Gasteiger partial charge in [-0.1, -0.05) is 30.3 Å². The highest BCUT2D eigenvalue weighted by atomic mass is 16.6. The fourth-order valence-electron chi connectivity index (χ4n) is 2.81. The van der Waals surface area contributed by atoms with Crippen molar-refractivity contribution in [1.29, 1.82) is 0 Å². The van der Waals surface area contributed by atoms with Crippen molar-refractivity contribution < 1.29 is 57.3 Å². The second-order valence-electron chi connectivity index (χ2n) is 8.24. The highest BCUT2D eigenvalue weighted by molar-refractivity contribution is 5.74. The lowest BCUT2D eigenvalue weighted by atomic mass is 10.2. The lowest BCUT2D eigenvalue weighted by Crippen LogP contribution is -2.25. The summed E-state index contributed by atoms with van der Waals surface area (Å²) in [5.41, 5.74) is 1.15. The first-order valence-corrected chi connectivity index (χ1v) is 14.1. The van der Waals surface area contributed by atoms with Gasteiger partial charge in [-0.15, -0.1) is 0 Å². The molecule has 0 unspecified atom stereocenters. The monoisotopic (exact) mass is 590 g/mol. The van der Waals surface area contributed by atoms with Gasteiger partial charge in [0, 0.05) is 0 Å². The van der Waals surface area contributed by atoms with Gasteiger partial charge in [-0.3, -0.25) is 0 Å². The van der Waals surface area contributed by atoms with E-state index in [1.54, 1.807) is 27.7 Å². The minimum Gasteiger partial charge on any atom is -0.464 e. The van der Waals surface area contributed by atoms with Crippen LogP contribution in [0.4, 0.5) is 0 Å². The number of hydrogen-bond donors (Lipinski definition) is 1. The minimum atomic E-state index is -0.566. The van der Waals surface area contributed by atoms with Gasteiger partial charge in [0.15, 0.2) is 12.2 Å². The summed E-state index contributed by atoms with van der Waals surface area (Å²) in [6, 6.07) is 10.0. The Morgan fingerprint density at radius 3 is 1.41 bits per heavy atom. The summed E-state index contributed by atoms with van der Waals surface area (Å²) < 4.78 is 46.6. The Hall–Kier alpha value is -2.16. The number of hydrogen-bond acceptors (Lipinski definition) is 12. The van der Waals surface area contributed by atoms with Crippen LogP contribution in [0, 0.1) is 0 Å². The second-order valence-corrected chi connectivity index (χ2v) is 8.24. The average molecular weight is 591 g/mol. The molecule has 238 valence electrons. The molecule has 0 radical (unpaired) electrons. The maximum Gasteiger partial charge on any atom is 0.334 e. The van der Waals surface area contributed by atoms with E-state index in [-0.39, 0.29) is 18.5 Å². The molecule has 0 bridgehead atoms. The molecule has 0 aromatic heterocycles. The number of carbonyl (C=O) groups excluding carboxylic acids is 2. The van der Waals surface area contributed by atoms with Crippen LogP contribution in [0.2, 0.25) is 0 Å². The van der Waals surface area contributed by atoms with Crippen molar-refractivity contribution >= 4 is 11.9 Å². The molecule has 0 saturated carbocycles. The third-order valence-corrected chi connectivity index (χ3v) is 4.89. The van der Waals surface area contributed by atoms with Gasteiger partial charge in [0.05, 0.1) is 99.1 Å². The Kier molecular flexibility index (Phi) is 27.8. The number of carbonyl (C=O) groups is 2. The standard InChI is InChI=1S/C18H28O6.C11H22O6/c1-3-23-18(19)16(2)24-14-13-21-10-9-20-11-12-22-15-17-7-5-4-6-8-17;1-3-16-11(13)10(2)17-9-8-15-7-6-14-5-4-12/h4-8,16H,3,9-15H2,1-2H3;10,12H,3-9H2,1-2H3/t16-;10-/m00/s1. The quantitative estimate of drug-likeness (QED) is 0.132. The third-order valence-electron chi connectivity index (χ3n) is 4.89. The molecule has 0 spiro atoms. The van der Waals surface area contributed by atoms with Crippen LogP contribution in [0.1, 0.15) is 33.3 Å². The molecule has 0 heterocycles. The maximum absolute atomic E-state index is 11.3. The van der Waals surface area contributed by atoms with Gasteiger partial charge in [-0.25, -0.2) is 9.59 Å². The Morgan fingerprint density at radius 2 is 1.00 bits per heavy atom. The van der Waals surface area contributed by atoms with Crippen LogP contribution in [-0.4, -0.2) is 122 Å². The zero-order chi connectivity index (χ0) is 30.4. The predicted molar refractivity (Wildman–Crippen MR) is 151 cm³/mol. The molecule has 0 fully saturated rings. The van der Waals surface area contributed by atoms with E-state index >= 15 is 0 Å². The van der Waals surface area contributed by atoms with Gasteiger partial charge < -0.3 is 47.7 Å². The summed E-state index contributed by atoms with van der Waals surface area (Å²) in [4.78, 5) is 22.5. The van der Waals surface area contributed by atoms with Gasteiger partial charge in [-0.2, -0.15) is 0 Å². The molecule has 1 N–H and O–H groups in total. The second kappa shape index (κ2) is 29.3. The topological polar surface area (TPSA) is 137 Å². The maximum atomic E-state index is 11.3. The molecular formula is C29H50O12. The molecule has 2 atom stereocenters. The zero-order valence-electron chi connectivity index (χ0n) is 25.1. The van der Waals surface area contributed by atoms with E-state index in [0.29, 0.717) is 92.5 Å². The van der Waals surface area contributed by atoms with Gasteiger partial charge in [0.2, 0.25) is 0 Å². The molecular weight excluding hydrogens is 540 g/mol. The number of ether oxygens (including phenoxy) is 9. The van der Waals surface area contributed by atoms with E-state index in [0.717, 1.165) is 5.56 Å². The molecule has 0 aliphatic rings. The fourth-order valence-corrected chi connectivity index (χ4v) is 2.81. The van der Waals surface area contributed by atoms with E-state index in [1.165, 1.54) is 0 Å². The van der Waals surface area contributed by atoms with Gasteiger partial charge in [0.1, 0.15) is 0 Å². The van der Waals surface area contributed by atoms with Crippen molar-refractivity contribution in [1.82, 2.24) is 0 Å². The Morgan fingerprint density at radius 1 is 0.610 bits per heavy atom. The molecule has 0 aliphatic carbocycles. The summed E-state index contributed by atoms with van der Waals surface area (Å²) in [7, 11) is 0. The Balaban J connectivity index is 0.000000831. The van der Waals surface area contributed by atoms with Gasteiger partial charge in [0.25, 0.3) is 0 Å². The number of aliphatic hydroxyl groups is 1. The summed E-state index contributed by atoms with van der Waals surface area (Å²) in [6.07, 6.45) is -1.13. The first-order valence-electron chi connectivity index (χ1n) is 14.1. The van der Waals surface area contributed by atoms with E-state index in [9.17, 15) is 9.59 Å². The SMILES string of the molecule is CCOC(=O)[C@H](C)OCCOCCOCCO.CCOC(=O)[C@H](C)OCCOCCOCCOCc1ccccc1. The zero-order valence-corrected chi connectivity index (χ0v) is 25.1. The molecule has 1 aromatic carbocycles. The van der Waals surface area contributed by atoms with Crippen molar-refractivity contribution in [2.45, 2.75) is 46.5 Å². The van der Waals surface area contributed by atoms with Crippen molar-refractivity contribution in [2.24, 2.45) is 0 Å². The van der Waals surface area contributed by atoms with Crippen LogP contribution in [0.3, 0.4) is 0 Å². The summed E-state index contributed by atoms with van der Waals surface area (Å²) in [5, 5.41) is 8.43. The lowest BCUT2D eigenvalue weighted by molar-refractivity contribution is -0.157. The molecule has 12 heteroatoms. The first-order chi connectivity index (χ1) is 20.0. The third kappa shape index (κ3) is 25.3. The van der Waals surface area contributed by atoms with Gasteiger partial charge in [-0.05, 0) is 33.3 Å². The summed E-state index contributed by atoms with van der Waals surface area (Å²) in [6.45, 7) is 12.9. The van der Waals surface area contributed by atoms with Crippen LogP contribution in [0.15, 0.2) is 30.3 Å². The van der Waals surface area contributed by atoms with E-state index in [4.69, 9.17) is 47.7 Å². The van der Waals surface area contributed by atoms with Crippen LogP contribution in [0.5, 0.6) is 0 Å². The smallest absolute Gasteiger partial charge is 0.334 e. The summed E-state index contributed by atoms with van der Waals surface area (Å²) >= 11 is 0. The molecule has 1 rings (SSSR count). The Labute approximate surface area is 244 Å². The molecule has 1 aromatic rings. The summed E-state index contributed by atoms with van der Waals surface area (Å²) in [5.74, 6) is -0.713. The molecule has 0 aliphatic heterocycles. The largest absolute Gasteiger partial charge is 0.464 e. The minimum absolute atomic E-state index is 0.0141. The normalized spacial score (nSPS) is 12.2. The molecule has 0 saturated heterocycles. The van der Waals surface area contributed by atoms with Crippen molar-refractivity contribution in [3.05, 3.63) is 35.9 Å². The number of rotatable bonds is 25. The Bertz CT molecular complexity index is 719. The van der Waals surface area contributed by atoms with E-state index < -0.39 is 12.2 Å². The van der Waals surface area contributed by atoms with E-state index in [2.05, 4.69) is 0 Å². The number of benzene rings is 1. The molecule has 12 nitrogen and oxygen atoms in total. The highest BCUT2D eigenvalue weighted by Gasteiger charge is 2.14. The number of aliphatic hydroxyl groups excluding tert-OH is 1. The van der Waals surface area contributed by atoms with Crippen LogP contribution < -0.4 is 0 Å². The fraction of sp³-hybridized carbons (Fsp3) is 0.724. The number of esters is 2. The average Bonchev–Trinajstić information content (AvgIpc) is 2.98. The highest BCUT2D eigenvalue weighted by Crippen LogP contribution is 2.00. The molecule has 0 amide bonds. The lowest BCUT2D eigenvalue weighted by Gasteiger charge is -2.12. The van der Waals surface area contributed by atoms with Crippen LogP contribution in [-0.2, 0) is 58.8 Å². The van der Waals surface area contributed by atoms with Crippen LogP contribution in [0.25, 0.3) is 0 Å². The predicted octanol–water partition coefficient (Wildman–Crippen LogP) is 2.18. The van der Waals surface area contributed by atoms with E-state index in [1.807, 2.05) is 30.3 Å². The van der Waals surface area contributed by atoms with Crippen molar-refractivity contribution in [3.63, 3.8) is 0 Å². The first kappa shape index (κ1) is 38.8. The van der Waals surface area contributed by atoms with Crippen LogP contribution >= 0.6 is 0 Å². The van der Waals surface area contributed by atoms with Crippen molar-refractivity contribution in [3.8, 4) is 0 Å². The molecule has 41 heavy (non-hydrogen) atoms.